The molecule has 1 aliphatic heterocycles. The Labute approximate surface area is 185 Å². The van der Waals surface area contributed by atoms with E-state index in [0.29, 0.717) is 21.1 Å². The van der Waals surface area contributed by atoms with Gasteiger partial charge in [0.2, 0.25) is 5.91 Å². The SMILES string of the molecule is Cc1cccc(-n2c(SCC(=O)N3CCCCCC3)nc3cc(Cl)ccc3c2=O)c1. The molecule has 2 aromatic carbocycles. The Morgan fingerprint density at radius 3 is 2.60 bits per heavy atom. The number of likely N-dealkylation sites (tertiary alicyclic amines) is 1. The first-order chi connectivity index (χ1) is 14.5. The Morgan fingerprint density at radius 1 is 1.10 bits per heavy atom. The van der Waals surface area contributed by atoms with Crippen LogP contribution >= 0.6 is 23.4 Å². The number of aromatic nitrogens is 2. The second-order valence-electron chi connectivity index (χ2n) is 7.62. The van der Waals surface area contributed by atoms with Gasteiger partial charge in [-0.3, -0.25) is 14.2 Å². The van der Waals surface area contributed by atoms with Crippen LogP contribution in [0.2, 0.25) is 5.02 Å². The highest BCUT2D eigenvalue weighted by molar-refractivity contribution is 7.99. The topological polar surface area (TPSA) is 55.2 Å². The van der Waals surface area contributed by atoms with Gasteiger partial charge in [-0.1, -0.05) is 48.3 Å². The van der Waals surface area contributed by atoms with Gasteiger partial charge < -0.3 is 4.90 Å². The smallest absolute Gasteiger partial charge is 0.266 e. The molecule has 0 aliphatic carbocycles. The largest absolute Gasteiger partial charge is 0.342 e. The molecule has 0 N–H and O–H groups in total. The van der Waals surface area contributed by atoms with Crippen LogP contribution in [0.1, 0.15) is 31.2 Å². The molecule has 7 heteroatoms. The first-order valence-electron chi connectivity index (χ1n) is 10.2. The lowest BCUT2D eigenvalue weighted by molar-refractivity contribution is -0.128. The number of benzene rings is 2. The molecule has 1 aliphatic rings. The summed E-state index contributed by atoms with van der Waals surface area (Å²) in [4.78, 5) is 32.8. The van der Waals surface area contributed by atoms with Crippen LogP contribution in [0.5, 0.6) is 0 Å². The number of carbonyl (C=O) groups excluding carboxylic acids is 1. The van der Waals surface area contributed by atoms with Gasteiger partial charge in [-0.2, -0.15) is 0 Å². The zero-order valence-corrected chi connectivity index (χ0v) is 18.5. The number of thioether (sulfide) groups is 1. The van der Waals surface area contributed by atoms with Gasteiger partial charge >= 0.3 is 0 Å². The van der Waals surface area contributed by atoms with Gasteiger partial charge in [-0.05, 0) is 55.7 Å². The average molecular weight is 442 g/mol. The summed E-state index contributed by atoms with van der Waals surface area (Å²) in [5.41, 5.74) is 2.18. The van der Waals surface area contributed by atoms with Crippen molar-refractivity contribution in [2.24, 2.45) is 0 Å². The summed E-state index contributed by atoms with van der Waals surface area (Å²) >= 11 is 7.44. The Hall–Kier alpha value is -2.31. The number of nitrogens with zero attached hydrogens (tertiary/aromatic N) is 3. The Kier molecular flexibility index (Phi) is 6.44. The van der Waals surface area contributed by atoms with Crippen LogP contribution < -0.4 is 5.56 Å². The molecule has 1 saturated heterocycles. The number of aryl methyl sites for hydroxylation is 1. The van der Waals surface area contributed by atoms with Crippen molar-refractivity contribution in [3.8, 4) is 5.69 Å². The maximum atomic E-state index is 13.3. The summed E-state index contributed by atoms with van der Waals surface area (Å²) in [6.45, 7) is 3.61. The van der Waals surface area contributed by atoms with Crippen molar-refractivity contribution in [1.82, 2.24) is 14.5 Å². The minimum atomic E-state index is -0.160. The van der Waals surface area contributed by atoms with Crippen LogP contribution in [0.25, 0.3) is 16.6 Å². The lowest BCUT2D eigenvalue weighted by Gasteiger charge is -2.20. The van der Waals surface area contributed by atoms with E-state index >= 15 is 0 Å². The van der Waals surface area contributed by atoms with E-state index in [2.05, 4.69) is 0 Å². The number of halogens is 1. The van der Waals surface area contributed by atoms with E-state index in [4.69, 9.17) is 16.6 Å². The lowest BCUT2D eigenvalue weighted by Crippen LogP contribution is -2.33. The summed E-state index contributed by atoms with van der Waals surface area (Å²) in [5, 5.41) is 1.53. The highest BCUT2D eigenvalue weighted by Crippen LogP contribution is 2.24. The number of rotatable bonds is 4. The van der Waals surface area contributed by atoms with Crippen LogP contribution in [0.3, 0.4) is 0 Å². The molecular formula is C23H24ClN3O2S. The zero-order chi connectivity index (χ0) is 21.1. The predicted molar refractivity (Wildman–Crippen MR) is 123 cm³/mol. The van der Waals surface area contributed by atoms with Crippen molar-refractivity contribution < 1.29 is 4.79 Å². The molecule has 1 aromatic heterocycles. The minimum Gasteiger partial charge on any atom is -0.342 e. The van der Waals surface area contributed by atoms with Crippen LogP contribution in [-0.2, 0) is 4.79 Å². The quantitative estimate of drug-likeness (QED) is 0.429. The molecule has 1 fully saturated rings. The summed E-state index contributed by atoms with van der Waals surface area (Å²) in [7, 11) is 0. The molecule has 0 atom stereocenters. The molecule has 30 heavy (non-hydrogen) atoms. The van der Waals surface area contributed by atoms with Gasteiger partial charge in [0.15, 0.2) is 5.16 Å². The van der Waals surface area contributed by atoms with Gasteiger partial charge in [0.25, 0.3) is 5.56 Å². The van der Waals surface area contributed by atoms with Crippen molar-refractivity contribution in [1.29, 1.82) is 0 Å². The molecule has 0 radical (unpaired) electrons. The lowest BCUT2D eigenvalue weighted by atomic mass is 10.2. The van der Waals surface area contributed by atoms with Crippen molar-refractivity contribution >= 4 is 40.2 Å². The summed E-state index contributed by atoms with van der Waals surface area (Å²) in [5.74, 6) is 0.350. The number of hydrogen-bond donors (Lipinski definition) is 0. The van der Waals surface area contributed by atoms with Crippen LogP contribution in [0.4, 0.5) is 0 Å². The summed E-state index contributed by atoms with van der Waals surface area (Å²) < 4.78 is 1.60. The molecule has 0 bridgehead atoms. The highest BCUT2D eigenvalue weighted by atomic mass is 35.5. The van der Waals surface area contributed by atoms with Gasteiger partial charge in [-0.25, -0.2) is 4.98 Å². The number of amides is 1. The van der Waals surface area contributed by atoms with Crippen LogP contribution in [0, 0.1) is 6.92 Å². The number of carbonyl (C=O) groups is 1. The van der Waals surface area contributed by atoms with Gasteiger partial charge in [-0.15, -0.1) is 0 Å². The molecule has 2 heterocycles. The Bertz CT molecular complexity index is 1140. The minimum absolute atomic E-state index is 0.0955. The third kappa shape index (κ3) is 4.55. The van der Waals surface area contributed by atoms with E-state index in [1.54, 1.807) is 22.8 Å². The van der Waals surface area contributed by atoms with E-state index in [1.807, 2.05) is 36.1 Å². The van der Waals surface area contributed by atoms with Gasteiger partial charge in [0.05, 0.1) is 22.3 Å². The molecule has 3 aromatic rings. The summed E-state index contributed by atoms with van der Waals surface area (Å²) in [6.07, 6.45) is 4.46. The fraction of sp³-hybridized carbons (Fsp3) is 0.348. The monoisotopic (exact) mass is 441 g/mol. The second kappa shape index (κ2) is 9.23. The summed E-state index contributed by atoms with van der Waals surface area (Å²) in [6, 6.07) is 12.8. The standard InChI is InChI=1S/C23H24ClN3O2S/c1-16-7-6-8-18(13-16)27-22(29)19-10-9-17(24)14-20(19)25-23(27)30-15-21(28)26-11-4-2-3-5-12-26/h6-10,13-14H,2-5,11-12,15H2,1H3. The second-order valence-corrected chi connectivity index (χ2v) is 9.00. The average Bonchev–Trinajstić information content (AvgIpc) is 3.01. The van der Waals surface area contributed by atoms with Crippen LogP contribution in [0.15, 0.2) is 52.4 Å². The molecule has 0 saturated carbocycles. The van der Waals surface area contributed by atoms with E-state index in [-0.39, 0.29) is 17.2 Å². The molecule has 1 amide bonds. The van der Waals surface area contributed by atoms with E-state index in [0.717, 1.165) is 37.2 Å². The Balaban J connectivity index is 1.72. The molecular weight excluding hydrogens is 418 g/mol. The van der Waals surface area contributed by atoms with E-state index < -0.39 is 0 Å². The van der Waals surface area contributed by atoms with Crippen molar-refractivity contribution in [2.45, 2.75) is 37.8 Å². The van der Waals surface area contributed by atoms with Crippen molar-refractivity contribution in [3.63, 3.8) is 0 Å². The predicted octanol–water partition coefficient (Wildman–Crippen LogP) is 4.84. The first-order valence-corrected chi connectivity index (χ1v) is 11.6. The highest BCUT2D eigenvalue weighted by Gasteiger charge is 2.19. The molecule has 0 unspecified atom stereocenters. The molecule has 4 rings (SSSR count). The third-order valence-corrected chi connectivity index (χ3v) is 6.50. The fourth-order valence-corrected chi connectivity index (χ4v) is 4.85. The van der Waals surface area contributed by atoms with Crippen LogP contribution in [-0.4, -0.2) is 39.2 Å². The number of hydrogen-bond acceptors (Lipinski definition) is 4. The van der Waals surface area contributed by atoms with Gasteiger partial charge in [0, 0.05) is 18.1 Å². The van der Waals surface area contributed by atoms with Crippen molar-refractivity contribution in [3.05, 3.63) is 63.4 Å². The maximum Gasteiger partial charge on any atom is 0.266 e. The van der Waals surface area contributed by atoms with E-state index in [9.17, 15) is 9.59 Å². The molecule has 5 nitrogen and oxygen atoms in total. The van der Waals surface area contributed by atoms with E-state index in [1.165, 1.54) is 24.6 Å². The zero-order valence-electron chi connectivity index (χ0n) is 16.9. The normalized spacial score (nSPS) is 14.7. The fourth-order valence-electron chi connectivity index (χ4n) is 3.77. The molecule has 156 valence electrons. The Morgan fingerprint density at radius 2 is 1.87 bits per heavy atom. The van der Waals surface area contributed by atoms with Gasteiger partial charge in [0.1, 0.15) is 0 Å². The maximum absolute atomic E-state index is 13.3. The first kappa shape index (κ1) is 20.9. The van der Waals surface area contributed by atoms with Crippen molar-refractivity contribution in [2.75, 3.05) is 18.8 Å². The molecule has 0 spiro atoms. The third-order valence-electron chi connectivity index (χ3n) is 5.34. The number of fused-ring (bicyclic) bond motifs is 1.